The number of benzene rings is 2. The smallest absolute Gasteiger partial charge is 0.258 e. The first-order valence-electron chi connectivity index (χ1n) is 7.25. The molecule has 0 spiro atoms. The van der Waals surface area contributed by atoms with Crippen molar-refractivity contribution in [3.05, 3.63) is 65.0 Å². The molecule has 0 saturated carbocycles. The van der Waals surface area contributed by atoms with E-state index in [4.69, 9.17) is 0 Å². The van der Waals surface area contributed by atoms with Crippen LogP contribution in [-0.4, -0.2) is 11.9 Å². The first-order valence-corrected chi connectivity index (χ1v) is 7.25. The van der Waals surface area contributed by atoms with Gasteiger partial charge in [-0.1, -0.05) is 17.7 Å². The summed E-state index contributed by atoms with van der Waals surface area (Å²) in [5.74, 6) is -0.263. The standard InChI is InChI=1S/C18H18FNO/c1-12-3-6-14(7-4-12)18(21)20-13(2)5-8-15-11-16(19)9-10-17(15)20/h3-4,6-7,9-11,13H,5,8H2,1-2H3. The average molecular weight is 283 g/mol. The van der Waals surface area contributed by atoms with E-state index in [1.54, 1.807) is 11.0 Å². The van der Waals surface area contributed by atoms with Crippen molar-refractivity contribution in [2.24, 2.45) is 0 Å². The highest BCUT2D eigenvalue weighted by atomic mass is 19.1. The van der Waals surface area contributed by atoms with Crippen molar-refractivity contribution in [3.63, 3.8) is 0 Å². The number of amides is 1. The van der Waals surface area contributed by atoms with Crippen molar-refractivity contribution in [1.82, 2.24) is 0 Å². The maximum Gasteiger partial charge on any atom is 0.258 e. The Labute approximate surface area is 124 Å². The summed E-state index contributed by atoms with van der Waals surface area (Å²) in [4.78, 5) is 14.6. The van der Waals surface area contributed by atoms with E-state index in [1.807, 2.05) is 38.1 Å². The third-order valence-electron chi connectivity index (χ3n) is 4.09. The minimum absolute atomic E-state index is 0.0185. The van der Waals surface area contributed by atoms with Gasteiger partial charge in [-0.15, -0.1) is 0 Å². The first-order chi connectivity index (χ1) is 10.1. The number of aryl methyl sites for hydroxylation is 2. The molecule has 108 valence electrons. The molecule has 1 heterocycles. The van der Waals surface area contributed by atoms with Gasteiger partial charge in [0.05, 0.1) is 0 Å². The van der Waals surface area contributed by atoms with Crippen LogP contribution in [0.15, 0.2) is 42.5 Å². The van der Waals surface area contributed by atoms with Crippen LogP contribution < -0.4 is 4.90 Å². The second-order valence-corrected chi connectivity index (χ2v) is 5.70. The minimum atomic E-state index is -0.244. The van der Waals surface area contributed by atoms with Crippen molar-refractivity contribution in [2.45, 2.75) is 32.7 Å². The van der Waals surface area contributed by atoms with Crippen LogP contribution in [0.25, 0.3) is 0 Å². The topological polar surface area (TPSA) is 20.3 Å². The Hall–Kier alpha value is -2.16. The fourth-order valence-corrected chi connectivity index (χ4v) is 2.87. The highest BCUT2D eigenvalue weighted by Crippen LogP contribution is 2.32. The van der Waals surface area contributed by atoms with E-state index < -0.39 is 0 Å². The Kier molecular flexibility index (Phi) is 3.50. The number of hydrogen-bond acceptors (Lipinski definition) is 1. The first kappa shape index (κ1) is 13.8. The van der Waals surface area contributed by atoms with Crippen molar-refractivity contribution >= 4 is 11.6 Å². The zero-order valence-corrected chi connectivity index (χ0v) is 12.3. The third-order valence-corrected chi connectivity index (χ3v) is 4.09. The molecule has 1 unspecified atom stereocenters. The van der Waals surface area contributed by atoms with Crippen LogP contribution in [-0.2, 0) is 6.42 Å². The molecule has 2 aromatic carbocycles. The monoisotopic (exact) mass is 283 g/mol. The molecule has 2 aromatic rings. The van der Waals surface area contributed by atoms with Gasteiger partial charge in [-0.05, 0) is 62.6 Å². The van der Waals surface area contributed by atoms with E-state index >= 15 is 0 Å². The number of halogens is 1. The molecule has 1 aliphatic heterocycles. The van der Waals surface area contributed by atoms with Crippen molar-refractivity contribution in [1.29, 1.82) is 0 Å². The van der Waals surface area contributed by atoms with Gasteiger partial charge in [0.15, 0.2) is 0 Å². The van der Waals surface area contributed by atoms with Crippen molar-refractivity contribution < 1.29 is 9.18 Å². The quantitative estimate of drug-likeness (QED) is 0.771. The molecule has 21 heavy (non-hydrogen) atoms. The summed E-state index contributed by atoms with van der Waals surface area (Å²) in [6, 6.07) is 12.4. The van der Waals surface area contributed by atoms with Crippen LogP contribution in [0.5, 0.6) is 0 Å². The molecule has 0 bridgehead atoms. The van der Waals surface area contributed by atoms with E-state index in [0.29, 0.717) is 5.56 Å². The molecule has 0 fully saturated rings. The number of hydrogen-bond donors (Lipinski definition) is 0. The maximum atomic E-state index is 13.4. The Balaban J connectivity index is 2.01. The van der Waals surface area contributed by atoms with Crippen LogP contribution >= 0.6 is 0 Å². The molecule has 1 amide bonds. The van der Waals surface area contributed by atoms with Gasteiger partial charge in [-0.25, -0.2) is 4.39 Å². The molecule has 0 aromatic heterocycles. The van der Waals surface area contributed by atoms with Gasteiger partial charge in [0.2, 0.25) is 0 Å². The molecular weight excluding hydrogens is 265 g/mol. The van der Waals surface area contributed by atoms with E-state index in [9.17, 15) is 9.18 Å². The van der Waals surface area contributed by atoms with E-state index in [-0.39, 0.29) is 17.8 Å². The van der Waals surface area contributed by atoms with Gasteiger partial charge in [0, 0.05) is 17.3 Å². The number of rotatable bonds is 1. The van der Waals surface area contributed by atoms with Crippen LogP contribution in [0.2, 0.25) is 0 Å². The van der Waals surface area contributed by atoms with E-state index in [2.05, 4.69) is 0 Å². The molecular formula is C18H18FNO. The fraction of sp³-hybridized carbons (Fsp3) is 0.278. The SMILES string of the molecule is Cc1ccc(C(=O)N2c3ccc(F)cc3CCC2C)cc1. The normalized spacial score (nSPS) is 17.5. The Bertz CT molecular complexity index is 678. The summed E-state index contributed by atoms with van der Waals surface area (Å²) in [7, 11) is 0. The van der Waals surface area contributed by atoms with E-state index in [0.717, 1.165) is 29.7 Å². The summed E-state index contributed by atoms with van der Waals surface area (Å²) in [5.41, 5.74) is 3.54. The summed E-state index contributed by atoms with van der Waals surface area (Å²) in [6.45, 7) is 4.04. The van der Waals surface area contributed by atoms with Crippen molar-refractivity contribution in [2.75, 3.05) is 4.90 Å². The Morgan fingerprint density at radius 2 is 1.90 bits per heavy atom. The average Bonchev–Trinajstić information content (AvgIpc) is 2.47. The summed E-state index contributed by atoms with van der Waals surface area (Å²) >= 11 is 0. The van der Waals surface area contributed by atoms with Gasteiger partial charge in [0.1, 0.15) is 5.82 Å². The summed E-state index contributed by atoms with van der Waals surface area (Å²) in [6.07, 6.45) is 1.67. The van der Waals surface area contributed by atoms with Gasteiger partial charge in [0.25, 0.3) is 5.91 Å². The van der Waals surface area contributed by atoms with Gasteiger partial charge < -0.3 is 4.90 Å². The fourth-order valence-electron chi connectivity index (χ4n) is 2.87. The van der Waals surface area contributed by atoms with Crippen molar-refractivity contribution in [3.8, 4) is 0 Å². The Morgan fingerprint density at radius 3 is 2.62 bits per heavy atom. The lowest BCUT2D eigenvalue weighted by Crippen LogP contribution is -2.42. The predicted molar refractivity (Wildman–Crippen MR) is 82.2 cm³/mol. The number of nitrogens with zero attached hydrogens (tertiary/aromatic N) is 1. The minimum Gasteiger partial charge on any atom is -0.305 e. The lowest BCUT2D eigenvalue weighted by molar-refractivity contribution is 0.0975. The van der Waals surface area contributed by atoms with Crippen LogP contribution in [0.1, 0.15) is 34.8 Å². The molecule has 1 atom stereocenters. The molecule has 0 radical (unpaired) electrons. The highest BCUT2D eigenvalue weighted by Gasteiger charge is 2.29. The summed E-state index contributed by atoms with van der Waals surface area (Å²) < 4.78 is 13.4. The lowest BCUT2D eigenvalue weighted by Gasteiger charge is -2.35. The maximum absolute atomic E-state index is 13.4. The number of anilines is 1. The van der Waals surface area contributed by atoms with Crippen LogP contribution in [0, 0.1) is 12.7 Å². The largest absolute Gasteiger partial charge is 0.305 e. The zero-order valence-electron chi connectivity index (χ0n) is 12.3. The van der Waals surface area contributed by atoms with Gasteiger partial charge in [-0.3, -0.25) is 4.79 Å². The molecule has 3 heteroatoms. The van der Waals surface area contributed by atoms with E-state index in [1.165, 1.54) is 12.1 Å². The van der Waals surface area contributed by atoms with Crippen LogP contribution in [0.3, 0.4) is 0 Å². The van der Waals surface area contributed by atoms with Crippen LogP contribution in [0.4, 0.5) is 10.1 Å². The van der Waals surface area contributed by atoms with Gasteiger partial charge >= 0.3 is 0 Å². The predicted octanol–water partition coefficient (Wildman–Crippen LogP) is 4.12. The highest BCUT2D eigenvalue weighted by molar-refractivity contribution is 6.07. The molecule has 0 N–H and O–H groups in total. The molecule has 0 aliphatic carbocycles. The third kappa shape index (κ3) is 2.56. The van der Waals surface area contributed by atoms with Gasteiger partial charge in [-0.2, -0.15) is 0 Å². The molecule has 0 saturated heterocycles. The zero-order chi connectivity index (χ0) is 15.0. The molecule has 2 nitrogen and oxygen atoms in total. The number of carbonyl (C=O) groups is 1. The summed E-state index contributed by atoms with van der Waals surface area (Å²) in [5, 5.41) is 0. The molecule has 3 rings (SSSR count). The Morgan fingerprint density at radius 1 is 1.19 bits per heavy atom. The lowest BCUT2D eigenvalue weighted by atomic mass is 9.95. The molecule has 1 aliphatic rings. The second kappa shape index (κ2) is 5.32. The second-order valence-electron chi connectivity index (χ2n) is 5.70. The number of fused-ring (bicyclic) bond motifs is 1. The number of carbonyl (C=O) groups excluding carboxylic acids is 1.